The molecule has 0 spiro atoms. The maximum Gasteiger partial charge on any atom is 0.251 e. The Morgan fingerprint density at radius 3 is 2.03 bits per heavy atom. The molecule has 3 rings (SSSR count). The van der Waals surface area contributed by atoms with Crippen molar-refractivity contribution in [2.24, 2.45) is 5.92 Å². The molecule has 2 aromatic rings. The molecule has 0 saturated carbocycles. The summed E-state index contributed by atoms with van der Waals surface area (Å²) in [6.45, 7) is 3.42. The second-order valence-corrected chi connectivity index (χ2v) is 9.91. The zero-order valence-electron chi connectivity index (χ0n) is 18.1. The molecule has 2 aromatic carbocycles. The van der Waals surface area contributed by atoms with E-state index in [-0.39, 0.29) is 43.6 Å². The van der Waals surface area contributed by atoms with E-state index in [2.05, 4.69) is 5.32 Å². The Morgan fingerprint density at radius 1 is 0.909 bits per heavy atom. The molecule has 0 aromatic heterocycles. The number of nitrogens with one attached hydrogen (secondary N) is 1. The van der Waals surface area contributed by atoms with E-state index in [0.29, 0.717) is 6.07 Å². The van der Waals surface area contributed by atoms with Gasteiger partial charge in [-0.15, -0.1) is 0 Å². The van der Waals surface area contributed by atoms with Crippen molar-refractivity contribution in [3.05, 3.63) is 65.5 Å². The minimum atomic E-state index is -4.20. The Hall–Kier alpha value is -2.92. The van der Waals surface area contributed by atoms with Crippen LogP contribution in [0.5, 0.6) is 0 Å². The number of carbonyl (C=O) groups is 2. The lowest BCUT2D eigenvalue weighted by atomic mass is 10.0. The topological polar surface area (TPSA) is 86.8 Å². The predicted molar refractivity (Wildman–Crippen MR) is 114 cm³/mol. The number of hydrogen-bond donors (Lipinski definition) is 1. The third-order valence-electron chi connectivity index (χ3n) is 5.39. The molecular weight excluding hydrogens is 459 g/mol. The summed E-state index contributed by atoms with van der Waals surface area (Å²) in [5.41, 5.74) is 0.201. The third kappa shape index (κ3) is 5.53. The zero-order chi connectivity index (χ0) is 24.3. The number of hydrogen-bond acceptors (Lipinski definition) is 4. The summed E-state index contributed by atoms with van der Waals surface area (Å²) in [7, 11) is -4.20. The van der Waals surface area contributed by atoms with Gasteiger partial charge in [0, 0.05) is 37.8 Å². The zero-order valence-corrected chi connectivity index (χ0v) is 18.9. The van der Waals surface area contributed by atoms with Crippen molar-refractivity contribution >= 4 is 21.8 Å². The van der Waals surface area contributed by atoms with E-state index in [1.165, 1.54) is 17.0 Å². The fourth-order valence-corrected chi connectivity index (χ4v) is 4.98. The van der Waals surface area contributed by atoms with Gasteiger partial charge in [0.2, 0.25) is 15.9 Å². The average molecular weight is 484 g/mol. The van der Waals surface area contributed by atoms with E-state index in [4.69, 9.17) is 0 Å². The number of benzene rings is 2. The Bertz CT molecular complexity index is 1130. The van der Waals surface area contributed by atoms with Crippen LogP contribution in [0.2, 0.25) is 0 Å². The summed E-state index contributed by atoms with van der Waals surface area (Å²) < 4.78 is 66.8. The first-order chi connectivity index (χ1) is 15.5. The lowest BCUT2D eigenvalue weighted by Gasteiger charge is -2.36. The minimum absolute atomic E-state index is 0.0382. The molecule has 2 amide bonds. The number of rotatable bonds is 6. The molecule has 7 nitrogen and oxygen atoms in total. The van der Waals surface area contributed by atoms with Gasteiger partial charge >= 0.3 is 0 Å². The summed E-state index contributed by atoms with van der Waals surface area (Å²) in [5.74, 6) is -3.74. The smallest absolute Gasteiger partial charge is 0.251 e. The van der Waals surface area contributed by atoms with Crippen molar-refractivity contribution < 1.29 is 31.2 Å². The molecule has 1 heterocycles. The molecule has 1 unspecified atom stereocenters. The van der Waals surface area contributed by atoms with Crippen LogP contribution in [0.4, 0.5) is 13.2 Å². The largest absolute Gasteiger partial charge is 0.340 e. The molecule has 11 heteroatoms. The molecule has 1 aliphatic rings. The highest BCUT2D eigenvalue weighted by Gasteiger charge is 2.35. The average Bonchev–Trinajstić information content (AvgIpc) is 2.77. The SMILES string of the molecule is CC(C)C(NC(=O)c1ccc(F)cc1)C(=O)N1CCN(S(=O)(=O)c2ccc(F)cc2F)CC1. The van der Waals surface area contributed by atoms with Gasteiger partial charge in [-0.3, -0.25) is 9.59 Å². The van der Waals surface area contributed by atoms with E-state index in [1.54, 1.807) is 13.8 Å². The molecule has 0 bridgehead atoms. The highest BCUT2D eigenvalue weighted by atomic mass is 32.2. The van der Waals surface area contributed by atoms with Crippen molar-refractivity contribution in [2.75, 3.05) is 26.2 Å². The fourth-order valence-electron chi connectivity index (χ4n) is 3.51. The van der Waals surface area contributed by atoms with Gasteiger partial charge in [-0.2, -0.15) is 4.31 Å². The monoisotopic (exact) mass is 483 g/mol. The predicted octanol–water partition coefficient (Wildman–Crippen LogP) is 2.39. The van der Waals surface area contributed by atoms with E-state index in [9.17, 15) is 31.2 Å². The quantitative estimate of drug-likeness (QED) is 0.684. The van der Waals surface area contributed by atoms with Gasteiger partial charge in [0.15, 0.2) is 0 Å². The molecule has 33 heavy (non-hydrogen) atoms. The van der Waals surface area contributed by atoms with Gasteiger partial charge in [0.1, 0.15) is 28.4 Å². The summed E-state index contributed by atoms with van der Waals surface area (Å²) in [6, 6.07) is 6.28. The van der Waals surface area contributed by atoms with E-state index < -0.39 is 44.3 Å². The highest BCUT2D eigenvalue weighted by molar-refractivity contribution is 7.89. The second kappa shape index (κ2) is 9.92. The Morgan fingerprint density at radius 2 is 1.48 bits per heavy atom. The van der Waals surface area contributed by atoms with E-state index >= 15 is 0 Å². The summed E-state index contributed by atoms with van der Waals surface area (Å²) in [6.07, 6.45) is 0. The molecule has 1 fully saturated rings. The van der Waals surface area contributed by atoms with E-state index in [0.717, 1.165) is 28.6 Å². The molecule has 0 aliphatic carbocycles. The van der Waals surface area contributed by atoms with Crippen LogP contribution in [0.15, 0.2) is 47.4 Å². The number of halogens is 3. The van der Waals surface area contributed by atoms with Crippen LogP contribution in [0.3, 0.4) is 0 Å². The van der Waals surface area contributed by atoms with Crippen molar-refractivity contribution in [2.45, 2.75) is 24.8 Å². The number of carbonyl (C=O) groups excluding carboxylic acids is 2. The fraction of sp³-hybridized carbons (Fsp3) is 0.364. The highest BCUT2D eigenvalue weighted by Crippen LogP contribution is 2.22. The number of nitrogens with zero attached hydrogens (tertiary/aromatic N) is 2. The second-order valence-electron chi connectivity index (χ2n) is 8.01. The molecular formula is C22H24F3N3O4S. The standard InChI is InChI=1S/C22H24F3N3O4S/c1-14(2)20(26-21(29)15-3-5-16(23)6-4-15)22(30)27-9-11-28(12-10-27)33(31,32)19-8-7-17(24)13-18(19)25/h3-8,13-14,20H,9-12H2,1-2H3,(H,26,29). The van der Waals surface area contributed by atoms with Gasteiger partial charge < -0.3 is 10.2 Å². The van der Waals surface area contributed by atoms with Crippen LogP contribution in [-0.2, 0) is 14.8 Å². The molecule has 1 aliphatic heterocycles. The lowest BCUT2D eigenvalue weighted by molar-refractivity contribution is -0.135. The number of amides is 2. The molecule has 0 radical (unpaired) electrons. The molecule has 1 saturated heterocycles. The van der Waals surface area contributed by atoms with Crippen molar-refractivity contribution in [3.8, 4) is 0 Å². The first-order valence-electron chi connectivity index (χ1n) is 10.3. The first-order valence-corrected chi connectivity index (χ1v) is 11.7. The van der Waals surface area contributed by atoms with Crippen molar-refractivity contribution in [1.29, 1.82) is 0 Å². The molecule has 178 valence electrons. The maximum absolute atomic E-state index is 14.0. The van der Waals surface area contributed by atoms with Crippen LogP contribution < -0.4 is 5.32 Å². The van der Waals surface area contributed by atoms with Crippen LogP contribution in [-0.4, -0.2) is 61.7 Å². The Balaban J connectivity index is 1.67. The van der Waals surface area contributed by atoms with Gasteiger partial charge in [0.25, 0.3) is 5.91 Å². The van der Waals surface area contributed by atoms with Crippen LogP contribution >= 0.6 is 0 Å². The molecule has 1 atom stereocenters. The summed E-state index contributed by atoms with van der Waals surface area (Å²) >= 11 is 0. The Labute approximate surface area is 190 Å². The first kappa shape index (κ1) is 24.7. The number of piperazine rings is 1. The lowest BCUT2D eigenvalue weighted by Crippen LogP contribution is -2.57. The van der Waals surface area contributed by atoms with Crippen LogP contribution in [0.25, 0.3) is 0 Å². The minimum Gasteiger partial charge on any atom is -0.340 e. The van der Waals surface area contributed by atoms with Gasteiger partial charge in [0.05, 0.1) is 0 Å². The van der Waals surface area contributed by atoms with Gasteiger partial charge in [-0.1, -0.05) is 13.8 Å². The summed E-state index contributed by atoms with van der Waals surface area (Å²) in [4.78, 5) is 26.4. The van der Waals surface area contributed by atoms with Gasteiger partial charge in [-0.25, -0.2) is 21.6 Å². The Kier molecular flexibility index (Phi) is 7.43. The van der Waals surface area contributed by atoms with Crippen LogP contribution in [0.1, 0.15) is 24.2 Å². The third-order valence-corrected chi connectivity index (χ3v) is 7.32. The molecule has 1 N–H and O–H groups in total. The van der Waals surface area contributed by atoms with Crippen molar-refractivity contribution in [1.82, 2.24) is 14.5 Å². The maximum atomic E-state index is 14.0. The number of sulfonamides is 1. The normalized spacial score (nSPS) is 16.0. The van der Waals surface area contributed by atoms with Crippen LogP contribution in [0, 0.1) is 23.4 Å². The summed E-state index contributed by atoms with van der Waals surface area (Å²) in [5, 5.41) is 2.66. The van der Waals surface area contributed by atoms with Crippen molar-refractivity contribution in [3.63, 3.8) is 0 Å². The van der Waals surface area contributed by atoms with E-state index in [1.807, 2.05) is 0 Å². The van der Waals surface area contributed by atoms with Gasteiger partial charge in [-0.05, 0) is 42.3 Å².